The summed E-state index contributed by atoms with van der Waals surface area (Å²) in [6.07, 6.45) is 0.525. The Hall–Kier alpha value is -2.10. The molecule has 4 nitrogen and oxygen atoms in total. The van der Waals surface area contributed by atoms with E-state index in [0.29, 0.717) is 12.0 Å². The van der Waals surface area contributed by atoms with Crippen molar-refractivity contribution in [3.8, 4) is 0 Å². The number of aromatic nitrogens is 1. The molecule has 94 valence electrons. The van der Waals surface area contributed by atoms with E-state index in [9.17, 15) is 14.7 Å². The van der Waals surface area contributed by atoms with Gasteiger partial charge in [0.05, 0.1) is 5.52 Å². The summed E-state index contributed by atoms with van der Waals surface area (Å²) in [6, 6.07) is 5.67. The second kappa shape index (κ2) is 4.29. The molecule has 0 spiro atoms. The number of para-hydroxylation sites is 1. The van der Waals surface area contributed by atoms with Crippen LogP contribution in [0, 0.1) is 6.92 Å². The van der Waals surface area contributed by atoms with E-state index in [1.165, 1.54) is 4.57 Å². The van der Waals surface area contributed by atoms with Crippen molar-refractivity contribution < 1.29 is 9.90 Å². The lowest BCUT2D eigenvalue weighted by atomic mass is 9.99. The van der Waals surface area contributed by atoms with Crippen LogP contribution in [0.2, 0.25) is 0 Å². The Labute approximate surface area is 104 Å². The van der Waals surface area contributed by atoms with Gasteiger partial charge in [-0.05, 0) is 24.5 Å². The van der Waals surface area contributed by atoms with Gasteiger partial charge in [-0.1, -0.05) is 25.1 Å². The third-order valence-corrected chi connectivity index (χ3v) is 3.29. The molecule has 1 aromatic carbocycles. The number of carboxylic acid groups (broad SMARTS) is 1. The van der Waals surface area contributed by atoms with Gasteiger partial charge in [-0.15, -0.1) is 0 Å². The first-order chi connectivity index (χ1) is 8.49. The summed E-state index contributed by atoms with van der Waals surface area (Å²) in [5.41, 5.74) is 1.84. The summed E-state index contributed by atoms with van der Waals surface area (Å²) >= 11 is 0. The van der Waals surface area contributed by atoms with Gasteiger partial charge < -0.3 is 9.67 Å². The second-order valence-electron chi connectivity index (χ2n) is 4.35. The average molecular weight is 245 g/mol. The number of nitrogens with zero attached hydrogens (tertiary/aromatic N) is 1. The molecular formula is C14H15NO3. The van der Waals surface area contributed by atoms with E-state index >= 15 is 0 Å². The molecule has 0 bridgehead atoms. The SMILES string of the molecule is CCc1c(C(=O)O)c(=O)n(C)c2c(C)cccc12. The number of pyridine rings is 1. The lowest BCUT2D eigenvalue weighted by Gasteiger charge is -2.14. The molecule has 1 N–H and O–H groups in total. The number of hydrogen-bond donors (Lipinski definition) is 1. The quantitative estimate of drug-likeness (QED) is 0.881. The van der Waals surface area contributed by atoms with Crippen molar-refractivity contribution in [1.82, 2.24) is 4.57 Å². The lowest BCUT2D eigenvalue weighted by molar-refractivity contribution is 0.0693. The average Bonchev–Trinajstić information content (AvgIpc) is 2.32. The van der Waals surface area contributed by atoms with Gasteiger partial charge in [0.2, 0.25) is 0 Å². The van der Waals surface area contributed by atoms with Crippen LogP contribution >= 0.6 is 0 Å². The number of benzene rings is 1. The standard InChI is InChI=1S/C14H15NO3/c1-4-9-10-7-5-6-8(2)12(10)15(3)13(16)11(9)14(17)18/h5-7H,4H2,1-3H3,(H,17,18). The van der Waals surface area contributed by atoms with Crippen LogP contribution in [0.1, 0.15) is 28.4 Å². The number of aryl methyl sites for hydroxylation is 3. The fraction of sp³-hybridized carbons (Fsp3) is 0.286. The third-order valence-electron chi connectivity index (χ3n) is 3.29. The molecule has 0 amide bonds. The Morgan fingerprint density at radius 2 is 2.06 bits per heavy atom. The molecule has 2 aromatic rings. The van der Waals surface area contributed by atoms with Crippen LogP contribution in [-0.2, 0) is 13.5 Å². The van der Waals surface area contributed by atoms with Crippen LogP contribution in [0.5, 0.6) is 0 Å². The van der Waals surface area contributed by atoms with Crippen molar-refractivity contribution in [2.75, 3.05) is 0 Å². The van der Waals surface area contributed by atoms with Crippen LogP contribution in [0.25, 0.3) is 10.9 Å². The number of aromatic carboxylic acids is 1. The van der Waals surface area contributed by atoms with E-state index in [2.05, 4.69) is 0 Å². The topological polar surface area (TPSA) is 59.3 Å². The summed E-state index contributed by atoms with van der Waals surface area (Å²) < 4.78 is 1.42. The maximum absolute atomic E-state index is 12.1. The summed E-state index contributed by atoms with van der Waals surface area (Å²) in [5.74, 6) is -1.16. The number of fused-ring (bicyclic) bond motifs is 1. The fourth-order valence-electron chi connectivity index (χ4n) is 2.47. The highest BCUT2D eigenvalue weighted by Gasteiger charge is 2.19. The van der Waals surface area contributed by atoms with E-state index < -0.39 is 11.5 Å². The number of carbonyl (C=O) groups is 1. The molecule has 4 heteroatoms. The molecule has 0 unspecified atom stereocenters. The summed E-state index contributed by atoms with van der Waals surface area (Å²) in [5, 5.41) is 10.1. The van der Waals surface area contributed by atoms with E-state index in [1.54, 1.807) is 7.05 Å². The Kier molecular flexibility index (Phi) is 2.95. The second-order valence-corrected chi connectivity index (χ2v) is 4.35. The first kappa shape index (κ1) is 12.4. The van der Waals surface area contributed by atoms with Gasteiger partial charge in [-0.2, -0.15) is 0 Å². The molecule has 2 rings (SSSR count). The molecule has 0 aliphatic carbocycles. The molecule has 0 radical (unpaired) electrons. The summed E-state index contributed by atoms with van der Waals surface area (Å²) in [4.78, 5) is 23.4. The Morgan fingerprint density at radius 3 is 2.61 bits per heavy atom. The van der Waals surface area contributed by atoms with Gasteiger partial charge in [0, 0.05) is 12.4 Å². The predicted molar refractivity (Wildman–Crippen MR) is 70.3 cm³/mol. The fourth-order valence-corrected chi connectivity index (χ4v) is 2.47. The van der Waals surface area contributed by atoms with Crippen LogP contribution in [0.3, 0.4) is 0 Å². The molecule has 0 aliphatic heterocycles. The number of rotatable bonds is 2. The predicted octanol–water partition coefficient (Wildman–Crippen LogP) is 2.11. The first-order valence-electron chi connectivity index (χ1n) is 5.83. The van der Waals surface area contributed by atoms with E-state index in [1.807, 2.05) is 32.0 Å². The number of hydrogen-bond acceptors (Lipinski definition) is 2. The molecule has 0 fully saturated rings. The normalized spacial score (nSPS) is 10.8. The zero-order chi connectivity index (χ0) is 13.4. The Bertz CT molecular complexity index is 698. The smallest absolute Gasteiger partial charge is 0.341 e. The van der Waals surface area contributed by atoms with Crippen molar-refractivity contribution >= 4 is 16.9 Å². The van der Waals surface area contributed by atoms with Crippen LogP contribution < -0.4 is 5.56 Å². The minimum atomic E-state index is -1.16. The zero-order valence-electron chi connectivity index (χ0n) is 10.7. The molecular weight excluding hydrogens is 230 g/mol. The lowest BCUT2D eigenvalue weighted by Crippen LogP contribution is -2.27. The van der Waals surface area contributed by atoms with Crippen molar-refractivity contribution in [3.63, 3.8) is 0 Å². The molecule has 18 heavy (non-hydrogen) atoms. The third kappa shape index (κ3) is 1.61. The van der Waals surface area contributed by atoms with Gasteiger partial charge in [-0.3, -0.25) is 4.79 Å². The van der Waals surface area contributed by atoms with E-state index in [-0.39, 0.29) is 5.56 Å². The van der Waals surface area contributed by atoms with Crippen molar-refractivity contribution in [3.05, 3.63) is 45.2 Å². The molecule has 0 saturated carbocycles. The molecule has 1 heterocycles. The number of carboxylic acids is 1. The van der Waals surface area contributed by atoms with Crippen molar-refractivity contribution in [2.24, 2.45) is 7.05 Å². The van der Waals surface area contributed by atoms with Gasteiger partial charge in [-0.25, -0.2) is 4.79 Å². The molecule has 1 aromatic heterocycles. The maximum atomic E-state index is 12.1. The highest BCUT2D eigenvalue weighted by Crippen LogP contribution is 2.23. The van der Waals surface area contributed by atoms with Crippen molar-refractivity contribution in [1.29, 1.82) is 0 Å². The minimum Gasteiger partial charge on any atom is -0.477 e. The molecule has 0 aliphatic rings. The Balaban J connectivity index is 3.12. The van der Waals surface area contributed by atoms with Gasteiger partial charge in [0.1, 0.15) is 5.56 Å². The zero-order valence-corrected chi connectivity index (χ0v) is 10.7. The summed E-state index contributed by atoms with van der Waals surface area (Å²) in [7, 11) is 1.61. The highest BCUT2D eigenvalue weighted by atomic mass is 16.4. The van der Waals surface area contributed by atoms with Crippen molar-refractivity contribution in [2.45, 2.75) is 20.3 Å². The highest BCUT2D eigenvalue weighted by molar-refractivity contribution is 5.97. The van der Waals surface area contributed by atoms with Gasteiger partial charge in [0.25, 0.3) is 5.56 Å². The maximum Gasteiger partial charge on any atom is 0.341 e. The largest absolute Gasteiger partial charge is 0.477 e. The monoisotopic (exact) mass is 245 g/mol. The minimum absolute atomic E-state index is 0.113. The van der Waals surface area contributed by atoms with Crippen LogP contribution in [-0.4, -0.2) is 15.6 Å². The van der Waals surface area contributed by atoms with E-state index in [4.69, 9.17) is 0 Å². The Morgan fingerprint density at radius 1 is 1.39 bits per heavy atom. The van der Waals surface area contributed by atoms with Crippen LogP contribution in [0.4, 0.5) is 0 Å². The summed E-state index contributed by atoms with van der Waals surface area (Å²) in [6.45, 7) is 3.78. The molecule has 0 atom stereocenters. The van der Waals surface area contributed by atoms with Gasteiger partial charge >= 0.3 is 5.97 Å². The van der Waals surface area contributed by atoms with E-state index in [0.717, 1.165) is 16.5 Å². The van der Waals surface area contributed by atoms with Crippen LogP contribution in [0.15, 0.2) is 23.0 Å². The van der Waals surface area contributed by atoms with Gasteiger partial charge in [0.15, 0.2) is 0 Å². The molecule has 0 saturated heterocycles. The first-order valence-corrected chi connectivity index (χ1v) is 5.83.